The molecular formula is C23H31N3O3. The molecule has 0 radical (unpaired) electrons. The molecule has 0 saturated carbocycles. The summed E-state index contributed by atoms with van der Waals surface area (Å²) in [6.45, 7) is 6.73. The first kappa shape index (κ1) is 21.1. The van der Waals surface area contributed by atoms with E-state index in [9.17, 15) is 4.79 Å². The zero-order chi connectivity index (χ0) is 20.5. The Morgan fingerprint density at radius 2 is 1.69 bits per heavy atom. The normalized spacial score (nSPS) is 15.1. The Hall–Kier alpha value is -2.57. The van der Waals surface area contributed by atoms with Gasteiger partial charge >= 0.3 is 0 Å². The lowest BCUT2D eigenvalue weighted by molar-refractivity contribution is -0.120. The minimum Gasteiger partial charge on any atom is -0.497 e. The van der Waals surface area contributed by atoms with Gasteiger partial charge in [-0.3, -0.25) is 14.6 Å². The second-order valence-electron chi connectivity index (χ2n) is 7.31. The van der Waals surface area contributed by atoms with Gasteiger partial charge in [0.15, 0.2) is 0 Å². The number of piperazine rings is 1. The Labute approximate surface area is 173 Å². The van der Waals surface area contributed by atoms with Crippen molar-refractivity contribution in [3.63, 3.8) is 0 Å². The van der Waals surface area contributed by atoms with Crippen molar-refractivity contribution >= 4 is 5.91 Å². The van der Waals surface area contributed by atoms with E-state index in [1.807, 2.05) is 18.2 Å². The minimum absolute atomic E-state index is 0.000679. The molecule has 1 heterocycles. The van der Waals surface area contributed by atoms with E-state index in [0.717, 1.165) is 50.6 Å². The molecule has 0 unspecified atom stereocenters. The molecule has 1 aliphatic rings. The molecule has 29 heavy (non-hydrogen) atoms. The molecule has 0 aromatic heterocycles. The summed E-state index contributed by atoms with van der Waals surface area (Å²) >= 11 is 0. The number of rotatable bonds is 9. The van der Waals surface area contributed by atoms with Gasteiger partial charge in [0.1, 0.15) is 11.5 Å². The average Bonchev–Trinajstić information content (AvgIpc) is 2.75. The molecule has 0 spiro atoms. The molecule has 1 saturated heterocycles. The zero-order valence-corrected chi connectivity index (χ0v) is 17.4. The Kier molecular flexibility index (Phi) is 7.90. The fourth-order valence-electron chi connectivity index (χ4n) is 3.62. The van der Waals surface area contributed by atoms with Gasteiger partial charge in [-0.05, 0) is 23.8 Å². The maximum atomic E-state index is 12.3. The van der Waals surface area contributed by atoms with E-state index in [1.54, 1.807) is 14.2 Å². The largest absolute Gasteiger partial charge is 0.497 e. The highest BCUT2D eigenvalue weighted by Crippen LogP contribution is 2.24. The van der Waals surface area contributed by atoms with E-state index in [2.05, 4.69) is 45.4 Å². The van der Waals surface area contributed by atoms with Crippen molar-refractivity contribution in [2.24, 2.45) is 0 Å². The number of methoxy groups -OCH3 is 2. The molecule has 1 N–H and O–H groups in total. The van der Waals surface area contributed by atoms with E-state index in [1.165, 1.54) is 5.56 Å². The highest BCUT2D eigenvalue weighted by Gasteiger charge is 2.17. The number of amides is 1. The Morgan fingerprint density at radius 1 is 0.966 bits per heavy atom. The van der Waals surface area contributed by atoms with Crippen LogP contribution in [0.4, 0.5) is 0 Å². The van der Waals surface area contributed by atoms with Gasteiger partial charge in [0.2, 0.25) is 5.91 Å². The van der Waals surface area contributed by atoms with Crippen molar-refractivity contribution in [3.8, 4) is 11.5 Å². The summed E-state index contributed by atoms with van der Waals surface area (Å²) in [6, 6.07) is 16.1. The molecule has 0 bridgehead atoms. The smallest absolute Gasteiger partial charge is 0.224 e. The average molecular weight is 398 g/mol. The Morgan fingerprint density at radius 3 is 2.38 bits per heavy atom. The molecule has 156 valence electrons. The highest BCUT2D eigenvalue weighted by molar-refractivity contribution is 5.79. The molecule has 6 nitrogen and oxygen atoms in total. The van der Waals surface area contributed by atoms with E-state index < -0.39 is 0 Å². The summed E-state index contributed by atoms with van der Waals surface area (Å²) in [4.78, 5) is 17.2. The van der Waals surface area contributed by atoms with Crippen molar-refractivity contribution in [1.82, 2.24) is 15.1 Å². The van der Waals surface area contributed by atoms with Crippen molar-refractivity contribution < 1.29 is 14.3 Å². The van der Waals surface area contributed by atoms with Crippen LogP contribution in [0.1, 0.15) is 11.1 Å². The van der Waals surface area contributed by atoms with E-state index in [0.29, 0.717) is 12.3 Å². The third-order valence-corrected chi connectivity index (χ3v) is 5.30. The van der Waals surface area contributed by atoms with Crippen LogP contribution in [-0.2, 0) is 17.8 Å². The van der Waals surface area contributed by atoms with Crippen LogP contribution in [0.2, 0.25) is 0 Å². The van der Waals surface area contributed by atoms with Crippen LogP contribution < -0.4 is 14.8 Å². The number of carbonyl (C=O) groups excluding carboxylic acids is 1. The molecular weight excluding hydrogens is 366 g/mol. The maximum Gasteiger partial charge on any atom is 0.224 e. The lowest BCUT2D eigenvalue weighted by atomic mass is 10.1. The number of hydrogen-bond acceptors (Lipinski definition) is 5. The summed E-state index contributed by atoms with van der Waals surface area (Å²) in [5, 5.41) is 3.03. The lowest BCUT2D eigenvalue weighted by Crippen LogP contribution is -2.48. The molecule has 1 amide bonds. The van der Waals surface area contributed by atoms with E-state index >= 15 is 0 Å². The van der Waals surface area contributed by atoms with Crippen LogP contribution in [0.25, 0.3) is 0 Å². The molecule has 1 aliphatic heterocycles. The van der Waals surface area contributed by atoms with Gasteiger partial charge < -0.3 is 14.8 Å². The van der Waals surface area contributed by atoms with Crippen LogP contribution in [0.5, 0.6) is 11.5 Å². The molecule has 6 heteroatoms. The summed E-state index contributed by atoms with van der Waals surface area (Å²) in [6.07, 6.45) is 0.283. The van der Waals surface area contributed by atoms with Crippen LogP contribution in [0, 0.1) is 0 Å². The van der Waals surface area contributed by atoms with Gasteiger partial charge in [0.25, 0.3) is 0 Å². The third-order valence-electron chi connectivity index (χ3n) is 5.30. The topological polar surface area (TPSA) is 54.0 Å². The van der Waals surface area contributed by atoms with Gasteiger partial charge in [-0.15, -0.1) is 0 Å². The van der Waals surface area contributed by atoms with Crippen LogP contribution in [0.15, 0.2) is 48.5 Å². The lowest BCUT2D eigenvalue weighted by Gasteiger charge is -2.34. The van der Waals surface area contributed by atoms with Gasteiger partial charge in [-0.2, -0.15) is 0 Å². The second kappa shape index (κ2) is 10.8. The first-order valence-electron chi connectivity index (χ1n) is 10.1. The SMILES string of the molecule is COc1ccc(OC)c(CC(=O)NCCN2CCN(Cc3ccccc3)CC2)c1. The van der Waals surface area contributed by atoms with E-state index in [-0.39, 0.29) is 12.3 Å². The number of nitrogens with zero attached hydrogens (tertiary/aromatic N) is 2. The first-order valence-corrected chi connectivity index (χ1v) is 10.1. The first-order chi connectivity index (χ1) is 14.2. The molecule has 0 atom stereocenters. The number of carbonyl (C=O) groups is 1. The van der Waals surface area contributed by atoms with Crippen molar-refractivity contribution in [1.29, 1.82) is 0 Å². The second-order valence-corrected chi connectivity index (χ2v) is 7.31. The summed E-state index contributed by atoms with van der Waals surface area (Å²) in [5.41, 5.74) is 2.19. The van der Waals surface area contributed by atoms with Crippen molar-refractivity contribution in [2.45, 2.75) is 13.0 Å². The van der Waals surface area contributed by atoms with Crippen molar-refractivity contribution in [3.05, 3.63) is 59.7 Å². The summed E-state index contributed by atoms with van der Waals surface area (Å²) in [7, 11) is 3.23. The Bertz CT molecular complexity index is 774. The number of nitrogens with one attached hydrogen (secondary N) is 1. The molecule has 2 aromatic rings. The van der Waals surface area contributed by atoms with Gasteiger partial charge in [-0.25, -0.2) is 0 Å². The molecule has 1 fully saturated rings. The molecule has 2 aromatic carbocycles. The third kappa shape index (κ3) is 6.48. The highest BCUT2D eigenvalue weighted by atomic mass is 16.5. The van der Waals surface area contributed by atoms with Crippen LogP contribution >= 0.6 is 0 Å². The van der Waals surface area contributed by atoms with Crippen LogP contribution in [-0.4, -0.2) is 69.2 Å². The Balaban J connectivity index is 1.37. The maximum absolute atomic E-state index is 12.3. The standard InChI is InChI=1S/C23H31N3O3/c1-28-21-8-9-22(29-2)20(16-21)17-23(27)24-10-11-25-12-14-26(15-13-25)18-19-6-4-3-5-7-19/h3-9,16H,10-15,17-18H2,1-2H3,(H,24,27). The number of benzene rings is 2. The minimum atomic E-state index is -0.000679. The fourth-order valence-corrected chi connectivity index (χ4v) is 3.62. The summed E-state index contributed by atoms with van der Waals surface area (Å²) < 4.78 is 10.6. The van der Waals surface area contributed by atoms with Crippen molar-refractivity contribution in [2.75, 3.05) is 53.5 Å². The predicted molar refractivity (Wildman–Crippen MR) is 114 cm³/mol. The summed E-state index contributed by atoms with van der Waals surface area (Å²) in [5.74, 6) is 1.43. The van der Waals surface area contributed by atoms with Gasteiger partial charge in [-0.1, -0.05) is 30.3 Å². The van der Waals surface area contributed by atoms with E-state index in [4.69, 9.17) is 9.47 Å². The monoisotopic (exact) mass is 397 g/mol. The van der Waals surface area contributed by atoms with Gasteiger partial charge in [0.05, 0.1) is 20.6 Å². The molecule has 3 rings (SSSR count). The molecule has 0 aliphatic carbocycles. The zero-order valence-electron chi connectivity index (χ0n) is 17.4. The predicted octanol–water partition coefficient (Wildman–Crippen LogP) is 2.18. The van der Waals surface area contributed by atoms with Gasteiger partial charge in [0, 0.05) is 51.4 Å². The van der Waals surface area contributed by atoms with Crippen LogP contribution in [0.3, 0.4) is 0 Å². The quantitative estimate of drug-likeness (QED) is 0.703. The fraction of sp³-hybridized carbons (Fsp3) is 0.435. The number of hydrogen-bond donors (Lipinski definition) is 1. The number of ether oxygens (including phenoxy) is 2.